The first-order chi connectivity index (χ1) is 9.08. The molecule has 3 N–H and O–H groups in total. The Morgan fingerprint density at radius 3 is 2.37 bits per heavy atom. The van der Waals surface area contributed by atoms with Crippen molar-refractivity contribution in [2.24, 2.45) is 11.8 Å². The van der Waals surface area contributed by atoms with Gasteiger partial charge >= 0.3 is 12.0 Å². The average molecular weight is 268 g/mol. The monoisotopic (exact) mass is 268 g/mol. The number of aliphatic carboxylic acids is 1. The number of urea groups is 1. The predicted octanol–water partition coefficient (Wildman–Crippen LogP) is 2.12. The Hall–Kier alpha value is -1.26. The molecule has 108 valence electrons. The van der Waals surface area contributed by atoms with Crippen LogP contribution in [-0.2, 0) is 4.79 Å². The molecule has 0 aromatic rings. The van der Waals surface area contributed by atoms with Crippen molar-refractivity contribution >= 4 is 12.0 Å². The third-order valence-electron chi connectivity index (χ3n) is 4.62. The smallest absolute Gasteiger partial charge is 0.315 e. The molecule has 0 aliphatic heterocycles. The van der Waals surface area contributed by atoms with Gasteiger partial charge in [-0.15, -0.1) is 0 Å². The van der Waals surface area contributed by atoms with E-state index in [1.165, 1.54) is 19.3 Å². The second-order valence-electron chi connectivity index (χ2n) is 5.93. The zero-order valence-electron chi connectivity index (χ0n) is 11.5. The quantitative estimate of drug-likeness (QED) is 0.730. The van der Waals surface area contributed by atoms with Crippen LogP contribution in [-0.4, -0.2) is 29.2 Å². The zero-order valence-corrected chi connectivity index (χ0v) is 11.5. The highest BCUT2D eigenvalue weighted by Crippen LogP contribution is 2.29. The van der Waals surface area contributed by atoms with Gasteiger partial charge in [-0.1, -0.05) is 19.3 Å². The molecule has 0 heterocycles. The van der Waals surface area contributed by atoms with Crippen LogP contribution in [0.4, 0.5) is 4.79 Å². The number of rotatable bonds is 4. The molecule has 19 heavy (non-hydrogen) atoms. The van der Waals surface area contributed by atoms with Crippen molar-refractivity contribution in [3.05, 3.63) is 0 Å². The number of hydrogen-bond acceptors (Lipinski definition) is 2. The molecule has 0 aromatic heterocycles. The first-order valence-corrected chi connectivity index (χ1v) is 7.37. The lowest BCUT2D eigenvalue weighted by Gasteiger charge is -2.33. The molecule has 2 fully saturated rings. The van der Waals surface area contributed by atoms with Crippen LogP contribution in [0.5, 0.6) is 0 Å². The first kappa shape index (κ1) is 14.2. The van der Waals surface area contributed by atoms with Crippen molar-refractivity contribution < 1.29 is 14.7 Å². The molecule has 0 aromatic carbocycles. The first-order valence-electron chi connectivity index (χ1n) is 7.37. The highest BCUT2D eigenvalue weighted by molar-refractivity contribution is 5.77. The van der Waals surface area contributed by atoms with Crippen molar-refractivity contribution in [2.75, 3.05) is 0 Å². The molecule has 3 unspecified atom stereocenters. The Morgan fingerprint density at radius 1 is 1.11 bits per heavy atom. The Balaban J connectivity index is 1.80. The summed E-state index contributed by atoms with van der Waals surface area (Å²) in [6.45, 7) is 2.03. The fourth-order valence-corrected chi connectivity index (χ4v) is 3.07. The Kier molecular flexibility index (Phi) is 4.66. The lowest BCUT2D eigenvalue weighted by molar-refractivity contribution is -0.143. The van der Waals surface area contributed by atoms with Crippen LogP contribution < -0.4 is 10.6 Å². The number of carbonyl (C=O) groups excluding carboxylic acids is 1. The van der Waals surface area contributed by atoms with Crippen molar-refractivity contribution in [3.8, 4) is 0 Å². The number of carboxylic acid groups (broad SMARTS) is 1. The highest BCUT2D eigenvalue weighted by atomic mass is 16.4. The summed E-state index contributed by atoms with van der Waals surface area (Å²) in [5, 5.41) is 15.0. The molecule has 2 aliphatic rings. The molecule has 2 amide bonds. The van der Waals surface area contributed by atoms with Gasteiger partial charge in [-0.05, 0) is 38.5 Å². The molecule has 2 aliphatic carbocycles. The van der Waals surface area contributed by atoms with Gasteiger partial charge in [-0.2, -0.15) is 0 Å². The molecule has 0 spiro atoms. The molecule has 2 rings (SSSR count). The van der Waals surface area contributed by atoms with Crippen LogP contribution in [0.25, 0.3) is 0 Å². The molecular formula is C14H24N2O3. The second kappa shape index (κ2) is 6.26. The lowest BCUT2D eigenvalue weighted by Crippen LogP contribution is -2.52. The van der Waals surface area contributed by atoms with Crippen LogP contribution in [0, 0.1) is 11.8 Å². The van der Waals surface area contributed by atoms with Crippen molar-refractivity contribution in [3.63, 3.8) is 0 Å². The van der Waals surface area contributed by atoms with Crippen molar-refractivity contribution in [1.82, 2.24) is 10.6 Å². The minimum Gasteiger partial charge on any atom is -0.481 e. The summed E-state index contributed by atoms with van der Waals surface area (Å²) in [5.41, 5.74) is 0. The van der Waals surface area contributed by atoms with E-state index < -0.39 is 11.9 Å². The largest absolute Gasteiger partial charge is 0.481 e. The van der Waals surface area contributed by atoms with E-state index in [9.17, 15) is 9.59 Å². The van der Waals surface area contributed by atoms with E-state index in [0.717, 1.165) is 19.3 Å². The van der Waals surface area contributed by atoms with Gasteiger partial charge in [0.15, 0.2) is 0 Å². The zero-order chi connectivity index (χ0) is 13.8. The Bertz CT molecular complexity index is 342. The topological polar surface area (TPSA) is 78.4 Å². The van der Waals surface area contributed by atoms with E-state index in [0.29, 0.717) is 12.3 Å². The summed E-state index contributed by atoms with van der Waals surface area (Å²) < 4.78 is 0. The summed E-state index contributed by atoms with van der Waals surface area (Å²) in [4.78, 5) is 23.1. The van der Waals surface area contributed by atoms with Gasteiger partial charge in [0.1, 0.15) is 0 Å². The van der Waals surface area contributed by atoms with Crippen LogP contribution in [0.1, 0.15) is 51.9 Å². The fourth-order valence-electron chi connectivity index (χ4n) is 3.07. The van der Waals surface area contributed by atoms with Crippen molar-refractivity contribution in [2.45, 2.75) is 64.0 Å². The summed E-state index contributed by atoms with van der Waals surface area (Å²) in [7, 11) is 0. The molecule has 2 saturated carbocycles. The van der Waals surface area contributed by atoms with Gasteiger partial charge < -0.3 is 15.7 Å². The second-order valence-corrected chi connectivity index (χ2v) is 5.93. The van der Waals surface area contributed by atoms with Gasteiger partial charge in [0.05, 0.1) is 5.92 Å². The summed E-state index contributed by atoms with van der Waals surface area (Å²) >= 11 is 0. The van der Waals surface area contributed by atoms with Crippen LogP contribution >= 0.6 is 0 Å². The maximum absolute atomic E-state index is 11.9. The van der Waals surface area contributed by atoms with Gasteiger partial charge in [0.25, 0.3) is 0 Å². The van der Waals surface area contributed by atoms with Crippen LogP contribution in [0.15, 0.2) is 0 Å². The molecule has 5 nitrogen and oxygen atoms in total. The number of amides is 2. The van der Waals surface area contributed by atoms with E-state index in [-0.39, 0.29) is 18.1 Å². The van der Waals surface area contributed by atoms with Gasteiger partial charge in [-0.3, -0.25) is 4.79 Å². The van der Waals surface area contributed by atoms with Gasteiger partial charge in [0, 0.05) is 12.1 Å². The molecule has 5 heteroatoms. The Morgan fingerprint density at radius 2 is 1.79 bits per heavy atom. The molecule has 3 atom stereocenters. The third-order valence-corrected chi connectivity index (χ3v) is 4.62. The standard InChI is InChI=1S/C14H24N2O3/c1-9(10-5-4-6-10)15-14(19)16-12-8-3-2-7-11(12)13(17)18/h9-12H,2-8H2,1H3,(H,17,18)(H2,15,16,19). The normalized spacial score (nSPS) is 29.1. The summed E-state index contributed by atoms with van der Waals surface area (Å²) in [5.74, 6) is -0.636. The van der Waals surface area contributed by atoms with E-state index in [4.69, 9.17) is 5.11 Å². The fraction of sp³-hybridized carbons (Fsp3) is 0.857. The third kappa shape index (κ3) is 3.61. The SMILES string of the molecule is CC(NC(=O)NC1CCCCC1C(=O)O)C1CCC1. The minimum atomic E-state index is -0.794. The maximum Gasteiger partial charge on any atom is 0.315 e. The predicted molar refractivity (Wildman–Crippen MR) is 71.9 cm³/mol. The average Bonchev–Trinajstić information content (AvgIpc) is 2.26. The van der Waals surface area contributed by atoms with E-state index in [1.54, 1.807) is 0 Å². The summed E-state index contributed by atoms with van der Waals surface area (Å²) in [6.07, 6.45) is 6.98. The van der Waals surface area contributed by atoms with Gasteiger partial charge in [-0.25, -0.2) is 4.79 Å². The van der Waals surface area contributed by atoms with E-state index in [1.807, 2.05) is 6.92 Å². The summed E-state index contributed by atoms with van der Waals surface area (Å²) in [6, 6.07) is -0.252. The van der Waals surface area contributed by atoms with Gasteiger partial charge in [0.2, 0.25) is 0 Å². The number of nitrogens with one attached hydrogen (secondary N) is 2. The van der Waals surface area contributed by atoms with Crippen LogP contribution in [0.3, 0.4) is 0 Å². The molecular weight excluding hydrogens is 244 g/mol. The van der Waals surface area contributed by atoms with Crippen LogP contribution in [0.2, 0.25) is 0 Å². The minimum absolute atomic E-state index is 0.181. The lowest BCUT2D eigenvalue weighted by atomic mass is 9.80. The van der Waals surface area contributed by atoms with Crippen molar-refractivity contribution in [1.29, 1.82) is 0 Å². The molecule has 0 radical (unpaired) electrons. The molecule has 0 bridgehead atoms. The van der Waals surface area contributed by atoms with E-state index >= 15 is 0 Å². The highest BCUT2D eigenvalue weighted by Gasteiger charge is 2.32. The molecule has 0 saturated heterocycles. The number of hydrogen-bond donors (Lipinski definition) is 3. The van der Waals surface area contributed by atoms with E-state index in [2.05, 4.69) is 10.6 Å². The number of carbonyl (C=O) groups is 2. The Labute approximate surface area is 114 Å². The number of carboxylic acids is 1. The maximum atomic E-state index is 11.9.